The molecule has 0 bridgehead atoms. The van der Waals surface area contributed by atoms with Gasteiger partial charge >= 0.3 is 0 Å². The molecule has 3 amide bonds. The van der Waals surface area contributed by atoms with E-state index >= 15 is 0 Å². The normalized spacial score (nSPS) is 16.1. The smallest absolute Gasteiger partial charge is 0.243 e. The fourth-order valence-electron chi connectivity index (χ4n) is 3.30. The number of aromatic nitrogens is 1. The van der Waals surface area contributed by atoms with Crippen LogP contribution in [0.4, 0.5) is 0 Å². The Morgan fingerprint density at radius 3 is 2.61 bits per heavy atom. The highest BCUT2D eigenvalue weighted by Gasteiger charge is 2.33. The minimum atomic E-state index is -0.472. The molecule has 1 atom stereocenters. The zero-order chi connectivity index (χ0) is 20.1. The number of rotatable bonds is 6. The molecule has 0 unspecified atom stereocenters. The molecule has 1 aliphatic heterocycles. The zero-order valence-corrected chi connectivity index (χ0v) is 16.8. The van der Waals surface area contributed by atoms with Gasteiger partial charge in [-0.25, -0.2) is 4.98 Å². The molecule has 1 aromatic heterocycles. The first-order valence-electron chi connectivity index (χ1n) is 9.26. The molecule has 7 nitrogen and oxygen atoms in total. The first-order valence-corrected chi connectivity index (χ1v) is 10.1. The van der Waals surface area contributed by atoms with E-state index in [0.29, 0.717) is 19.5 Å². The Balaban J connectivity index is 1.55. The van der Waals surface area contributed by atoms with Gasteiger partial charge in [0.25, 0.3) is 0 Å². The summed E-state index contributed by atoms with van der Waals surface area (Å²) in [4.78, 5) is 42.8. The van der Waals surface area contributed by atoms with Gasteiger partial charge in [0, 0.05) is 20.0 Å². The molecule has 2 aromatic rings. The van der Waals surface area contributed by atoms with E-state index in [0.717, 1.165) is 28.1 Å². The van der Waals surface area contributed by atoms with Crippen LogP contribution in [0.3, 0.4) is 0 Å². The Morgan fingerprint density at radius 2 is 1.96 bits per heavy atom. The Kier molecular flexibility index (Phi) is 6.41. The Hall–Kier alpha value is -2.74. The van der Waals surface area contributed by atoms with Gasteiger partial charge < -0.3 is 15.5 Å². The lowest BCUT2D eigenvalue weighted by Crippen LogP contribution is -2.48. The summed E-state index contributed by atoms with van der Waals surface area (Å²) in [5, 5.41) is 5.42. The average Bonchev–Trinajstić information content (AvgIpc) is 3.33. The van der Waals surface area contributed by atoms with E-state index in [1.54, 1.807) is 16.2 Å². The Morgan fingerprint density at radius 1 is 1.21 bits per heavy atom. The Bertz CT molecular complexity index is 863. The molecule has 3 rings (SSSR count). The van der Waals surface area contributed by atoms with Crippen molar-refractivity contribution in [1.29, 1.82) is 0 Å². The molecule has 8 heteroatoms. The van der Waals surface area contributed by atoms with Gasteiger partial charge in [-0.1, -0.05) is 24.3 Å². The standard InChI is InChI=1S/C20H24N4O3S/c1-13-19(28-12-23-13)16-7-5-15(6-8-16)10-22-20(27)17-4-3-9-24(17)18(26)11-21-14(2)25/h5-8,12,17H,3-4,9-11H2,1-2H3,(H,21,25)(H,22,27)/t17-/m0/s1. The summed E-state index contributed by atoms with van der Waals surface area (Å²) in [5.74, 6) is -0.640. The Labute approximate surface area is 168 Å². The number of nitrogens with zero attached hydrogens (tertiary/aromatic N) is 2. The van der Waals surface area contributed by atoms with Gasteiger partial charge in [-0.3, -0.25) is 14.4 Å². The van der Waals surface area contributed by atoms with Crippen molar-refractivity contribution in [3.8, 4) is 10.4 Å². The topological polar surface area (TPSA) is 91.4 Å². The fourth-order valence-corrected chi connectivity index (χ4v) is 4.11. The van der Waals surface area contributed by atoms with Crippen LogP contribution in [0.2, 0.25) is 0 Å². The fraction of sp³-hybridized carbons (Fsp3) is 0.400. The summed E-state index contributed by atoms with van der Waals surface area (Å²) in [5.41, 5.74) is 4.95. The second-order valence-corrected chi connectivity index (χ2v) is 7.69. The highest BCUT2D eigenvalue weighted by Crippen LogP contribution is 2.27. The van der Waals surface area contributed by atoms with Gasteiger partial charge in [0.2, 0.25) is 17.7 Å². The molecule has 1 saturated heterocycles. The molecule has 28 heavy (non-hydrogen) atoms. The second-order valence-electron chi connectivity index (χ2n) is 6.84. The van der Waals surface area contributed by atoms with Gasteiger partial charge in [0.15, 0.2) is 0 Å². The molecule has 0 radical (unpaired) electrons. The van der Waals surface area contributed by atoms with Gasteiger partial charge in [-0.05, 0) is 30.9 Å². The maximum Gasteiger partial charge on any atom is 0.243 e. The molecule has 2 heterocycles. The summed E-state index contributed by atoms with van der Waals surface area (Å²) in [6.07, 6.45) is 1.42. The lowest BCUT2D eigenvalue weighted by Gasteiger charge is -2.24. The second kappa shape index (κ2) is 8.97. The number of thiazole rings is 1. The van der Waals surface area contributed by atoms with Crippen molar-refractivity contribution < 1.29 is 14.4 Å². The van der Waals surface area contributed by atoms with Crippen molar-refractivity contribution in [2.75, 3.05) is 13.1 Å². The van der Waals surface area contributed by atoms with Crippen LogP contribution in [0.1, 0.15) is 31.0 Å². The summed E-state index contributed by atoms with van der Waals surface area (Å²) < 4.78 is 0. The third kappa shape index (κ3) is 4.75. The van der Waals surface area contributed by atoms with Gasteiger partial charge in [0.05, 0.1) is 22.6 Å². The van der Waals surface area contributed by atoms with Crippen LogP contribution in [0.15, 0.2) is 29.8 Å². The quantitative estimate of drug-likeness (QED) is 0.774. The number of likely N-dealkylation sites (tertiary alicyclic amines) is 1. The van der Waals surface area contributed by atoms with E-state index in [2.05, 4.69) is 15.6 Å². The molecule has 0 spiro atoms. The zero-order valence-electron chi connectivity index (χ0n) is 16.0. The molecular weight excluding hydrogens is 376 g/mol. The molecular formula is C20H24N4O3S. The van der Waals surface area contributed by atoms with Crippen LogP contribution in [-0.4, -0.2) is 46.7 Å². The summed E-state index contributed by atoms with van der Waals surface area (Å²) in [6, 6.07) is 7.56. The molecule has 148 valence electrons. The molecule has 0 aliphatic carbocycles. The van der Waals surface area contributed by atoms with E-state index in [4.69, 9.17) is 0 Å². The minimum absolute atomic E-state index is 0.0719. The number of hydrogen-bond acceptors (Lipinski definition) is 5. The van der Waals surface area contributed by atoms with E-state index in [9.17, 15) is 14.4 Å². The van der Waals surface area contributed by atoms with Crippen molar-refractivity contribution in [3.63, 3.8) is 0 Å². The van der Waals surface area contributed by atoms with Gasteiger partial charge in [-0.15, -0.1) is 11.3 Å². The van der Waals surface area contributed by atoms with Crippen molar-refractivity contribution in [2.45, 2.75) is 39.3 Å². The predicted octanol–water partition coefficient (Wildman–Crippen LogP) is 1.86. The van der Waals surface area contributed by atoms with E-state index < -0.39 is 6.04 Å². The SMILES string of the molecule is CC(=O)NCC(=O)N1CCC[C@H]1C(=O)NCc1ccc(-c2scnc2C)cc1. The first kappa shape index (κ1) is 20.0. The van der Waals surface area contributed by atoms with E-state index in [1.165, 1.54) is 6.92 Å². The number of aryl methyl sites for hydroxylation is 1. The maximum absolute atomic E-state index is 12.6. The molecule has 2 N–H and O–H groups in total. The summed E-state index contributed by atoms with van der Waals surface area (Å²) >= 11 is 1.61. The third-order valence-electron chi connectivity index (χ3n) is 4.79. The van der Waals surface area contributed by atoms with Gasteiger partial charge in [0.1, 0.15) is 6.04 Å². The number of hydrogen-bond donors (Lipinski definition) is 2. The van der Waals surface area contributed by atoms with Crippen LogP contribution >= 0.6 is 11.3 Å². The van der Waals surface area contributed by atoms with Crippen LogP contribution in [0, 0.1) is 6.92 Å². The lowest BCUT2D eigenvalue weighted by molar-refractivity contribution is -0.138. The summed E-state index contributed by atoms with van der Waals surface area (Å²) in [7, 11) is 0. The highest BCUT2D eigenvalue weighted by atomic mass is 32.1. The third-order valence-corrected chi connectivity index (χ3v) is 5.77. The monoisotopic (exact) mass is 400 g/mol. The number of benzene rings is 1. The van der Waals surface area contributed by atoms with Crippen LogP contribution in [0.25, 0.3) is 10.4 Å². The number of amides is 3. The van der Waals surface area contributed by atoms with E-state index in [-0.39, 0.29) is 24.3 Å². The van der Waals surface area contributed by atoms with Crippen molar-refractivity contribution in [1.82, 2.24) is 20.5 Å². The maximum atomic E-state index is 12.6. The van der Waals surface area contributed by atoms with Crippen molar-refractivity contribution >= 4 is 29.1 Å². The van der Waals surface area contributed by atoms with Crippen molar-refractivity contribution in [3.05, 3.63) is 41.0 Å². The number of carbonyl (C=O) groups is 3. The highest BCUT2D eigenvalue weighted by molar-refractivity contribution is 7.13. The van der Waals surface area contributed by atoms with Gasteiger partial charge in [-0.2, -0.15) is 0 Å². The molecule has 0 saturated carbocycles. The minimum Gasteiger partial charge on any atom is -0.350 e. The largest absolute Gasteiger partial charge is 0.350 e. The van der Waals surface area contributed by atoms with Crippen LogP contribution in [0.5, 0.6) is 0 Å². The number of nitrogens with one attached hydrogen (secondary N) is 2. The first-order chi connectivity index (χ1) is 13.5. The molecule has 1 fully saturated rings. The molecule has 1 aromatic carbocycles. The van der Waals surface area contributed by atoms with Crippen molar-refractivity contribution in [2.24, 2.45) is 0 Å². The van der Waals surface area contributed by atoms with Crippen LogP contribution < -0.4 is 10.6 Å². The average molecular weight is 401 g/mol. The molecule has 1 aliphatic rings. The summed E-state index contributed by atoms with van der Waals surface area (Å²) in [6.45, 7) is 4.23. The lowest BCUT2D eigenvalue weighted by atomic mass is 10.1. The van der Waals surface area contributed by atoms with Crippen LogP contribution in [-0.2, 0) is 20.9 Å². The predicted molar refractivity (Wildman–Crippen MR) is 108 cm³/mol. The van der Waals surface area contributed by atoms with E-state index in [1.807, 2.05) is 36.7 Å². The number of carbonyl (C=O) groups excluding carboxylic acids is 3.